The number of nitrogens with zero attached hydrogens (tertiary/aromatic N) is 1. The Labute approximate surface area is 117 Å². The van der Waals surface area contributed by atoms with Gasteiger partial charge < -0.3 is 15.3 Å². The van der Waals surface area contributed by atoms with Gasteiger partial charge in [-0.25, -0.2) is 0 Å². The van der Waals surface area contributed by atoms with E-state index in [1.54, 1.807) is 32.0 Å². The van der Waals surface area contributed by atoms with Gasteiger partial charge in [0, 0.05) is 25.8 Å². The second-order valence-electron chi connectivity index (χ2n) is 4.93. The van der Waals surface area contributed by atoms with Crippen molar-refractivity contribution in [3.63, 3.8) is 0 Å². The molecule has 0 aliphatic carbocycles. The van der Waals surface area contributed by atoms with E-state index in [1.165, 1.54) is 6.07 Å². The van der Waals surface area contributed by atoms with Gasteiger partial charge in [-0.3, -0.25) is 0 Å². The van der Waals surface area contributed by atoms with Crippen LogP contribution in [0, 0.1) is 0 Å². The Morgan fingerprint density at radius 1 is 1.35 bits per heavy atom. The quantitative estimate of drug-likeness (QED) is 0.845. The molecule has 1 atom stereocenters. The zero-order chi connectivity index (χ0) is 15.3. The van der Waals surface area contributed by atoms with Crippen molar-refractivity contribution in [2.24, 2.45) is 0 Å². The van der Waals surface area contributed by atoms with Crippen molar-refractivity contribution >= 4 is 5.69 Å². The summed E-state index contributed by atoms with van der Waals surface area (Å²) in [4.78, 5) is 1.71. The van der Waals surface area contributed by atoms with Gasteiger partial charge in [-0.1, -0.05) is 6.07 Å². The van der Waals surface area contributed by atoms with Gasteiger partial charge in [0.15, 0.2) is 0 Å². The topological polar surface area (TPSA) is 35.5 Å². The van der Waals surface area contributed by atoms with Gasteiger partial charge in [-0.15, -0.1) is 0 Å². The van der Waals surface area contributed by atoms with Crippen LogP contribution < -0.4 is 10.2 Å². The van der Waals surface area contributed by atoms with Gasteiger partial charge in [-0.05, 0) is 38.1 Å². The van der Waals surface area contributed by atoms with Crippen molar-refractivity contribution in [2.75, 3.05) is 25.5 Å². The fourth-order valence-electron chi connectivity index (χ4n) is 1.92. The molecular formula is C14H21F3N2O. The lowest BCUT2D eigenvalue weighted by molar-refractivity contribution is -0.138. The Morgan fingerprint density at radius 3 is 2.50 bits per heavy atom. The van der Waals surface area contributed by atoms with E-state index < -0.39 is 17.8 Å². The van der Waals surface area contributed by atoms with E-state index in [9.17, 15) is 18.3 Å². The van der Waals surface area contributed by atoms with Crippen LogP contribution in [0.4, 0.5) is 18.9 Å². The van der Waals surface area contributed by atoms with Gasteiger partial charge >= 0.3 is 6.18 Å². The molecule has 1 unspecified atom stereocenters. The summed E-state index contributed by atoms with van der Waals surface area (Å²) in [7, 11) is 3.33. The molecule has 6 heteroatoms. The highest BCUT2D eigenvalue weighted by molar-refractivity contribution is 5.51. The summed E-state index contributed by atoms with van der Waals surface area (Å²) in [5, 5.41) is 12.0. The van der Waals surface area contributed by atoms with Crippen LogP contribution in [-0.4, -0.2) is 31.9 Å². The molecule has 0 radical (unpaired) electrons. The fraction of sp³-hybridized carbons (Fsp3) is 0.571. The SMILES string of the molecule is CNCc1ccc(N(C)CCC(C)O)cc1C(F)(F)F. The normalized spacial score (nSPS) is 13.3. The maximum atomic E-state index is 13.0. The molecule has 0 amide bonds. The first-order valence-corrected chi connectivity index (χ1v) is 6.49. The summed E-state index contributed by atoms with van der Waals surface area (Å²) >= 11 is 0. The Balaban J connectivity index is 3.00. The number of anilines is 1. The molecule has 1 rings (SSSR count). The molecule has 0 bridgehead atoms. The van der Waals surface area contributed by atoms with Crippen molar-refractivity contribution in [3.8, 4) is 0 Å². The molecule has 20 heavy (non-hydrogen) atoms. The Morgan fingerprint density at radius 2 is 2.00 bits per heavy atom. The lowest BCUT2D eigenvalue weighted by Gasteiger charge is -2.22. The van der Waals surface area contributed by atoms with Crippen LogP contribution in [0.3, 0.4) is 0 Å². The van der Waals surface area contributed by atoms with Gasteiger partial charge in [-0.2, -0.15) is 13.2 Å². The third-order valence-electron chi connectivity index (χ3n) is 3.09. The smallest absolute Gasteiger partial charge is 0.393 e. The Bertz CT molecular complexity index is 433. The van der Waals surface area contributed by atoms with E-state index >= 15 is 0 Å². The highest BCUT2D eigenvalue weighted by Gasteiger charge is 2.33. The molecular weight excluding hydrogens is 269 g/mol. The number of halogens is 3. The number of rotatable bonds is 6. The van der Waals surface area contributed by atoms with Gasteiger partial charge in [0.1, 0.15) is 0 Å². The van der Waals surface area contributed by atoms with Crippen molar-refractivity contribution in [1.82, 2.24) is 5.32 Å². The number of alkyl halides is 3. The minimum Gasteiger partial charge on any atom is -0.393 e. The highest BCUT2D eigenvalue weighted by Crippen LogP contribution is 2.34. The van der Waals surface area contributed by atoms with E-state index in [0.29, 0.717) is 18.7 Å². The van der Waals surface area contributed by atoms with Crippen LogP contribution in [-0.2, 0) is 12.7 Å². The number of aliphatic hydroxyl groups excluding tert-OH is 1. The zero-order valence-electron chi connectivity index (χ0n) is 12.0. The molecule has 3 nitrogen and oxygen atoms in total. The van der Waals surface area contributed by atoms with Crippen LogP contribution in [0.5, 0.6) is 0 Å². The van der Waals surface area contributed by atoms with Crippen molar-refractivity contribution in [2.45, 2.75) is 32.2 Å². The largest absolute Gasteiger partial charge is 0.416 e. The third kappa shape index (κ3) is 4.68. The van der Waals surface area contributed by atoms with Crippen molar-refractivity contribution in [1.29, 1.82) is 0 Å². The minimum atomic E-state index is -4.37. The van der Waals surface area contributed by atoms with E-state index in [-0.39, 0.29) is 12.1 Å². The molecule has 1 aromatic carbocycles. The predicted octanol–water partition coefficient (Wildman–Crippen LogP) is 2.63. The van der Waals surface area contributed by atoms with Gasteiger partial charge in [0.25, 0.3) is 0 Å². The maximum Gasteiger partial charge on any atom is 0.416 e. The van der Waals surface area contributed by atoms with Crippen LogP contribution in [0.15, 0.2) is 18.2 Å². The number of nitrogens with one attached hydrogen (secondary N) is 1. The molecule has 0 aromatic heterocycles. The maximum absolute atomic E-state index is 13.0. The molecule has 0 spiro atoms. The molecule has 0 heterocycles. The van der Waals surface area contributed by atoms with Crippen LogP contribution >= 0.6 is 0 Å². The molecule has 0 fully saturated rings. The zero-order valence-corrected chi connectivity index (χ0v) is 12.0. The van der Waals surface area contributed by atoms with Crippen LogP contribution in [0.25, 0.3) is 0 Å². The van der Waals surface area contributed by atoms with E-state index in [2.05, 4.69) is 5.32 Å². The summed E-state index contributed by atoms with van der Waals surface area (Å²) in [5.41, 5.74) is 0.110. The molecule has 2 N–H and O–H groups in total. The molecule has 0 saturated carbocycles. The molecule has 0 saturated heterocycles. The Hall–Kier alpha value is -1.27. The first-order valence-electron chi connectivity index (χ1n) is 6.49. The second-order valence-corrected chi connectivity index (χ2v) is 4.93. The van der Waals surface area contributed by atoms with Crippen molar-refractivity contribution < 1.29 is 18.3 Å². The number of aliphatic hydroxyl groups is 1. The van der Waals surface area contributed by atoms with Gasteiger partial charge in [0.2, 0.25) is 0 Å². The average Bonchev–Trinajstić information content (AvgIpc) is 2.35. The molecule has 1 aromatic rings. The number of benzene rings is 1. The van der Waals surface area contributed by atoms with Crippen molar-refractivity contribution in [3.05, 3.63) is 29.3 Å². The third-order valence-corrected chi connectivity index (χ3v) is 3.09. The fourth-order valence-corrected chi connectivity index (χ4v) is 1.92. The summed E-state index contributed by atoms with van der Waals surface area (Å²) in [5.74, 6) is 0. The first-order chi connectivity index (χ1) is 9.25. The molecule has 0 aliphatic heterocycles. The Kier molecular flexibility index (Phi) is 5.83. The number of hydrogen-bond donors (Lipinski definition) is 2. The van der Waals surface area contributed by atoms with E-state index in [4.69, 9.17) is 0 Å². The minimum absolute atomic E-state index is 0.173. The number of hydrogen-bond acceptors (Lipinski definition) is 3. The summed E-state index contributed by atoms with van der Waals surface area (Å²) in [6.07, 6.45) is -4.33. The summed E-state index contributed by atoms with van der Waals surface area (Å²) in [6.45, 7) is 2.33. The average molecular weight is 290 g/mol. The van der Waals surface area contributed by atoms with E-state index in [0.717, 1.165) is 6.07 Å². The predicted molar refractivity (Wildman–Crippen MR) is 73.8 cm³/mol. The van der Waals surface area contributed by atoms with Crippen LogP contribution in [0.2, 0.25) is 0 Å². The molecule has 0 aliphatic rings. The first kappa shape index (κ1) is 16.8. The lowest BCUT2D eigenvalue weighted by Crippen LogP contribution is -2.23. The monoisotopic (exact) mass is 290 g/mol. The second kappa shape index (κ2) is 6.95. The highest BCUT2D eigenvalue weighted by atomic mass is 19.4. The summed E-state index contributed by atoms with van der Waals surface area (Å²) < 4.78 is 39.1. The lowest BCUT2D eigenvalue weighted by atomic mass is 10.1. The standard InChI is InChI=1S/C14H21F3N2O/c1-10(20)6-7-19(3)12-5-4-11(9-18-2)13(8-12)14(15,16)17/h4-5,8,10,18,20H,6-7,9H2,1-3H3. The van der Waals surface area contributed by atoms with E-state index in [1.807, 2.05) is 0 Å². The van der Waals surface area contributed by atoms with Crippen LogP contribution in [0.1, 0.15) is 24.5 Å². The summed E-state index contributed by atoms with van der Waals surface area (Å²) in [6, 6.07) is 4.33. The molecule has 114 valence electrons. The van der Waals surface area contributed by atoms with Gasteiger partial charge in [0.05, 0.1) is 11.7 Å².